The number of aromatic nitrogens is 3. The van der Waals surface area contributed by atoms with E-state index in [1.165, 1.54) is 38.3 Å². The van der Waals surface area contributed by atoms with Crippen LogP contribution < -0.4 is 0 Å². The Morgan fingerprint density at radius 1 is 1.47 bits per heavy atom. The third-order valence-corrected chi connectivity index (χ3v) is 4.34. The van der Waals surface area contributed by atoms with Crippen molar-refractivity contribution in [3.63, 3.8) is 0 Å². The predicted octanol–water partition coefficient (Wildman–Crippen LogP) is 2.04. The largest absolute Gasteiger partial charge is 0.476 e. The summed E-state index contributed by atoms with van der Waals surface area (Å²) in [5.74, 6) is -0.0382. The van der Waals surface area contributed by atoms with Crippen LogP contribution in [0.2, 0.25) is 0 Å². The minimum absolute atomic E-state index is 0.0210. The van der Waals surface area contributed by atoms with E-state index in [0.717, 1.165) is 17.5 Å². The number of nitrogens with zero attached hydrogens (tertiary/aromatic N) is 3. The highest BCUT2D eigenvalue weighted by Gasteiger charge is 2.13. The fourth-order valence-corrected chi connectivity index (χ4v) is 3.34. The molecule has 5 nitrogen and oxygen atoms in total. The molecule has 0 saturated heterocycles. The van der Waals surface area contributed by atoms with Gasteiger partial charge in [-0.1, -0.05) is 24.5 Å². The predicted molar refractivity (Wildman–Crippen MR) is 66.3 cm³/mol. The Morgan fingerprint density at radius 2 is 2.24 bits per heavy atom. The Hall–Kier alpha value is -1.04. The summed E-state index contributed by atoms with van der Waals surface area (Å²) in [6.07, 6.45) is 8.21. The van der Waals surface area contributed by atoms with Gasteiger partial charge in [-0.3, -0.25) is 4.68 Å². The van der Waals surface area contributed by atoms with E-state index in [1.807, 2.05) is 11.8 Å². The normalized spacial score (nSPS) is 17.2. The molecule has 1 saturated carbocycles. The highest BCUT2D eigenvalue weighted by Crippen LogP contribution is 2.28. The summed E-state index contributed by atoms with van der Waals surface area (Å²) in [7, 11) is 0. The van der Waals surface area contributed by atoms with Crippen LogP contribution in [-0.2, 0) is 6.54 Å². The highest BCUT2D eigenvalue weighted by atomic mass is 32.2. The molecule has 1 heterocycles. The number of carboxylic acid groups (broad SMARTS) is 1. The highest BCUT2D eigenvalue weighted by molar-refractivity contribution is 7.99. The zero-order valence-electron chi connectivity index (χ0n) is 9.71. The molecule has 0 aromatic carbocycles. The van der Waals surface area contributed by atoms with Gasteiger partial charge >= 0.3 is 5.97 Å². The summed E-state index contributed by atoms with van der Waals surface area (Å²) < 4.78 is 1.61. The van der Waals surface area contributed by atoms with E-state index < -0.39 is 5.97 Å². The molecule has 0 radical (unpaired) electrons. The third kappa shape index (κ3) is 3.73. The molecule has 1 aliphatic carbocycles. The van der Waals surface area contributed by atoms with Crippen LogP contribution in [0.4, 0.5) is 0 Å². The number of thioether (sulfide) groups is 1. The molecule has 1 aromatic heterocycles. The van der Waals surface area contributed by atoms with Crippen molar-refractivity contribution in [3.8, 4) is 0 Å². The molecule has 0 unspecified atom stereocenters. The average molecular weight is 255 g/mol. The smallest absolute Gasteiger partial charge is 0.358 e. The van der Waals surface area contributed by atoms with E-state index in [4.69, 9.17) is 5.11 Å². The molecule has 1 fully saturated rings. The average Bonchev–Trinajstić information content (AvgIpc) is 2.79. The van der Waals surface area contributed by atoms with Gasteiger partial charge in [0, 0.05) is 11.0 Å². The molecule has 0 bridgehead atoms. The van der Waals surface area contributed by atoms with Crippen molar-refractivity contribution in [2.75, 3.05) is 5.75 Å². The fourth-order valence-electron chi connectivity index (χ4n) is 2.05. The monoisotopic (exact) mass is 255 g/mol. The van der Waals surface area contributed by atoms with Gasteiger partial charge in [0.25, 0.3) is 0 Å². The quantitative estimate of drug-likeness (QED) is 0.872. The molecule has 2 rings (SSSR count). The van der Waals surface area contributed by atoms with Crippen LogP contribution in [0.1, 0.15) is 42.6 Å². The molecule has 1 aromatic rings. The van der Waals surface area contributed by atoms with E-state index in [0.29, 0.717) is 0 Å². The topological polar surface area (TPSA) is 68.0 Å². The summed E-state index contributed by atoms with van der Waals surface area (Å²) in [6, 6.07) is 0. The zero-order valence-corrected chi connectivity index (χ0v) is 10.5. The lowest BCUT2D eigenvalue weighted by atomic mass is 10.0. The standard InChI is InChI=1S/C11H17N3O2S/c15-11(16)10-8-14(13-12-10)6-7-17-9-4-2-1-3-5-9/h8-9H,1-7H2,(H,15,16). The SMILES string of the molecule is O=C(O)c1cn(CCSC2CCCCC2)nn1. The van der Waals surface area contributed by atoms with Crippen LogP contribution in [0.5, 0.6) is 0 Å². The van der Waals surface area contributed by atoms with Gasteiger partial charge in [-0.15, -0.1) is 5.10 Å². The zero-order chi connectivity index (χ0) is 12.1. The lowest BCUT2D eigenvalue weighted by Crippen LogP contribution is -2.11. The van der Waals surface area contributed by atoms with Crippen LogP contribution in [0, 0.1) is 0 Å². The summed E-state index contributed by atoms with van der Waals surface area (Å²) in [4.78, 5) is 10.6. The molecule has 1 N–H and O–H groups in total. The van der Waals surface area contributed by atoms with Gasteiger partial charge in [0.15, 0.2) is 5.69 Å². The Morgan fingerprint density at radius 3 is 2.88 bits per heavy atom. The molecular weight excluding hydrogens is 238 g/mol. The first-order valence-electron chi connectivity index (χ1n) is 6.01. The number of aromatic carboxylic acids is 1. The van der Waals surface area contributed by atoms with Gasteiger partial charge in [-0.05, 0) is 12.8 Å². The maximum Gasteiger partial charge on any atom is 0.358 e. The van der Waals surface area contributed by atoms with E-state index in [-0.39, 0.29) is 5.69 Å². The van der Waals surface area contributed by atoms with Crippen molar-refractivity contribution in [1.29, 1.82) is 0 Å². The number of carboxylic acids is 1. The van der Waals surface area contributed by atoms with Crippen molar-refractivity contribution in [2.45, 2.75) is 43.9 Å². The minimum atomic E-state index is -1.02. The Bertz CT molecular complexity index is 375. The Labute approximate surface area is 105 Å². The number of hydrogen-bond donors (Lipinski definition) is 1. The fraction of sp³-hybridized carbons (Fsp3) is 0.727. The number of hydrogen-bond acceptors (Lipinski definition) is 4. The van der Waals surface area contributed by atoms with Crippen molar-refractivity contribution in [1.82, 2.24) is 15.0 Å². The second kappa shape index (κ2) is 6.05. The van der Waals surface area contributed by atoms with E-state index in [9.17, 15) is 4.79 Å². The maximum atomic E-state index is 10.6. The van der Waals surface area contributed by atoms with Crippen LogP contribution in [-0.4, -0.2) is 37.1 Å². The van der Waals surface area contributed by atoms with Gasteiger partial charge in [-0.2, -0.15) is 11.8 Å². The van der Waals surface area contributed by atoms with Crippen LogP contribution in [0.15, 0.2) is 6.20 Å². The molecule has 6 heteroatoms. The van der Waals surface area contributed by atoms with Gasteiger partial charge in [0.1, 0.15) is 0 Å². The summed E-state index contributed by atoms with van der Waals surface area (Å²) >= 11 is 1.97. The van der Waals surface area contributed by atoms with Crippen molar-refractivity contribution in [2.24, 2.45) is 0 Å². The van der Waals surface area contributed by atoms with Gasteiger partial charge in [0.2, 0.25) is 0 Å². The van der Waals surface area contributed by atoms with Gasteiger partial charge < -0.3 is 5.11 Å². The second-order valence-electron chi connectivity index (χ2n) is 4.30. The molecule has 0 amide bonds. The van der Waals surface area contributed by atoms with E-state index in [2.05, 4.69) is 10.3 Å². The molecule has 94 valence electrons. The second-order valence-corrected chi connectivity index (χ2v) is 5.71. The van der Waals surface area contributed by atoms with Gasteiger partial charge in [-0.25, -0.2) is 4.79 Å². The van der Waals surface area contributed by atoms with Crippen molar-refractivity contribution >= 4 is 17.7 Å². The number of carbonyl (C=O) groups is 1. The summed E-state index contributed by atoms with van der Waals surface area (Å²) in [5, 5.41) is 16.9. The molecule has 0 spiro atoms. The first-order chi connectivity index (χ1) is 8.25. The molecule has 0 atom stereocenters. The van der Waals surface area contributed by atoms with Crippen LogP contribution >= 0.6 is 11.8 Å². The molecule has 0 aliphatic heterocycles. The molecular formula is C11H17N3O2S. The summed E-state index contributed by atoms with van der Waals surface area (Å²) in [6.45, 7) is 0.738. The van der Waals surface area contributed by atoms with E-state index >= 15 is 0 Å². The first-order valence-corrected chi connectivity index (χ1v) is 7.05. The summed E-state index contributed by atoms with van der Waals surface area (Å²) in [5.41, 5.74) is 0.0210. The first kappa shape index (κ1) is 12.4. The molecule has 17 heavy (non-hydrogen) atoms. The van der Waals surface area contributed by atoms with Crippen LogP contribution in [0.3, 0.4) is 0 Å². The molecule has 1 aliphatic rings. The van der Waals surface area contributed by atoms with E-state index in [1.54, 1.807) is 4.68 Å². The number of aryl methyl sites for hydroxylation is 1. The van der Waals surface area contributed by atoms with Crippen molar-refractivity contribution < 1.29 is 9.90 Å². The van der Waals surface area contributed by atoms with Crippen LogP contribution in [0.25, 0.3) is 0 Å². The number of rotatable bonds is 5. The Kier molecular flexibility index (Phi) is 4.42. The maximum absolute atomic E-state index is 10.6. The third-order valence-electron chi connectivity index (χ3n) is 2.98. The minimum Gasteiger partial charge on any atom is -0.476 e. The lowest BCUT2D eigenvalue weighted by molar-refractivity contribution is 0.0690. The Balaban J connectivity index is 1.71. The van der Waals surface area contributed by atoms with Crippen molar-refractivity contribution in [3.05, 3.63) is 11.9 Å². The van der Waals surface area contributed by atoms with Gasteiger partial charge in [0.05, 0.1) is 12.7 Å². The lowest BCUT2D eigenvalue weighted by Gasteiger charge is -2.20.